The van der Waals surface area contributed by atoms with Crippen LogP contribution < -0.4 is 0 Å². The van der Waals surface area contributed by atoms with E-state index in [-0.39, 0.29) is 47.8 Å². The quantitative estimate of drug-likeness (QED) is 0.186. The fraction of sp³-hybridized carbons (Fsp3) is 1.00. The molecule has 132 valence electrons. The summed E-state index contributed by atoms with van der Waals surface area (Å²) in [6.45, 7) is 0. The molecule has 0 aliphatic heterocycles. The third kappa shape index (κ3) is 5680. The average molecular weight is 618 g/mol. The molecule has 0 aromatic carbocycles. The number of hydrogen-bond acceptors (Lipinski definition) is 12. The van der Waals surface area contributed by atoms with Crippen molar-refractivity contribution in [3.63, 3.8) is 0 Å². The van der Waals surface area contributed by atoms with Gasteiger partial charge < -0.3 is 18.2 Å². The second kappa shape index (κ2) is 15.7. The summed E-state index contributed by atoms with van der Waals surface area (Å²) in [4.78, 5) is 0. The van der Waals surface area contributed by atoms with Crippen LogP contribution in [0.5, 0.6) is 0 Å². The van der Waals surface area contributed by atoms with Gasteiger partial charge in [0, 0.05) is 25.0 Å². The molecule has 0 N–H and O–H groups in total. The van der Waals surface area contributed by atoms with E-state index in [1.54, 1.807) is 0 Å². The maximum absolute atomic E-state index is 9.08. The monoisotopic (exact) mass is 620 g/mol. The minimum atomic E-state index is -3.92. The summed E-state index contributed by atoms with van der Waals surface area (Å²) in [5.41, 5.74) is 0. The molecule has 0 fully saturated rings. The Kier molecular flexibility index (Phi) is 27.7. The first-order chi connectivity index (χ1) is 8.00. The van der Waals surface area contributed by atoms with Crippen molar-refractivity contribution in [2.24, 2.45) is 0 Å². The SMILES string of the molecule is CS(=O)(=O)[O-].CS(=O)(=O)[O-].CS(=O)(=O)[O-].CS(=O)(=O)[O-].[Sn+2].[Sn+2]. The van der Waals surface area contributed by atoms with Gasteiger partial charge in [0.15, 0.2) is 0 Å². The van der Waals surface area contributed by atoms with Gasteiger partial charge in [-0.25, -0.2) is 33.7 Å². The zero-order valence-corrected chi connectivity index (χ0v) is 20.5. The zero-order chi connectivity index (χ0) is 18.0. The predicted molar refractivity (Wildman–Crippen MR) is 74.0 cm³/mol. The Labute approximate surface area is 164 Å². The Morgan fingerprint density at radius 3 is 0.409 bits per heavy atom. The second-order valence-corrected chi connectivity index (χ2v) is 8.45. The Balaban J connectivity index is -0.0000000376. The number of hydrogen-bond donors (Lipinski definition) is 0. The molecule has 12 nitrogen and oxygen atoms in total. The van der Waals surface area contributed by atoms with Crippen molar-refractivity contribution in [1.29, 1.82) is 0 Å². The maximum Gasteiger partial charge on any atom is 2.00 e. The van der Waals surface area contributed by atoms with Crippen LogP contribution in [0.25, 0.3) is 0 Å². The topological polar surface area (TPSA) is 229 Å². The molecular formula is C4H12O12S4Sn2. The standard InChI is InChI=1S/4CH4O3S.2Sn/c4*1-5(2,3)4;;/h4*1H3,(H,2,3,4);;/q;;;;2*+2/p-4. The summed E-state index contributed by atoms with van der Waals surface area (Å²) in [5, 5.41) is 0. The summed E-state index contributed by atoms with van der Waals surface area (Å²) in [6, 6.07) is 0. The third-order valence-corrected chi connectivity index (χ3v) is 0. The van der Waals surface area contributed by atoms with Crippen LogP contribution in [0.15, 0.2) is 0 Å². The van der Waals surface area contributed by atoms with Crippen LogP contribution >= 0.6 is 0 Å². The van der Waals surface area contributed by atoms with Crippen molar-refractivity contribution < 1.29 is 51.9 Å². The van der Waals surface area contributed by atoms with Gasteiger partial charge in [0.05, 0.1) is 40.5 Å². The zero-order valence-electron chi connectivity index (χ0n) is 11.5. The molecule has 0 saturated heterocycles. The van der Waals surface area contributed by atoms with Crippen LogP contribution in [0.2, 0.25) is 0 Å². The summed E-state index contributed by atoms with van der Waals surface area (Å²) in [6.07, 6.45) is 2.42. The van der Waals surface area contributed by atoms with Gasteiger partial charge in [0.25, 0.3) is 0 Å². The molecule has 0 unspecified atom stereocenters. The van der Waals surface area contributed by atoms with Gasteiger partial charge in [-0.05, 0) is 0 Å². The van der Waals surface area contributed by atoms with Gasteiger partial charge in [-0.2, -0.15) is 0 Å². The van der Waals surface area contributed by atoms with E-state index in [4.69, 9.17) is 51.9 Å². The van der Waals surface area contributed by atoms with E-state index < -0.39 is 40.5 Å². The molecular weight excluding hydrogens is 606 g/mol. The van der Waals surface area contributed by atoms with Crippen LogP contribution in [0.3, 0.4) is 0 Å². The summed E-state index contributed by atoms with van der Waals surface area (Å²) < 4.78 is 109. The van der Waals surface area contributed by atoms with Crippen LogP contribution in [-0.2, 0) is 40.5 Å². The van der Waals surface area contributed by atoms with Gasteiger partial charge >= 0.3 is 47.8 Å². The Bertz CT molecular complexity index is 490. The molecule has 0 saturated carbocycles. The molecule has 0 amide bonds. The molecule has 0 heterocycles. The van der Waals surface area contributed by atoms with Gasteiger partial charge in [0.1, 0.15) is 0 Å². The van der Waals surface area contributed by atoms with Crippen molar-refractivity contribution in [3.8, 4) is 0 Å². The summed E-state index contributed by atoms with van der Waals surface area (Å²) in [7, 11) is -15.7. The first kappa shape index (κ1) is 38.7. The van der Waals surface area contributed by atoms with Crippen molar-refractivity contribution in [2.45, 2.75) is 0 Å². The van der Waals surface area contributed by atoms with Crippen molar-refractivity contribution in [1.82, 2.24) is 0 Å². The predicted octanol–water partition coefficient (Wildman–Crippen LogP) is -4.12. The van der Waals surface area contributed by atoms with Crippen molar-refractivity contribution in [2.75, 3.05) is 25.0 Å². The molecule has 0 bridgehead atoms. The second-order valence-electron chi connectivity index (χ2n) is 2.82. The fourth-order valence-corrected chi connectivity index (χ4v) is 0. The van der Waals surface area contributed by atoms with E-state index >= 15 is 0 Å². The average Bonchev–Trinajstić information content (AvgIpc) is 1.62. The third-order valence-electron chi connectivity index (χ3n) is 0. The van der Waals surface area contributed by atoms with Gasteiger partial charge in [-0.3, -0.25) is 0 Å². The van der Waals surface area contributed by atoms with Crippen LogP contribution in [0, 0.1) is 0 Å². The molecule has 0 rings (SSSR count). The smallest absolute Gasteiger partial charge is 0.748 e. The maximum atomic E-state index is 9.08. The van der Waals surface area contributed by atoms with E-state index in [1.165, 1.54) is 0 Å². The molecule has 0 spiro atoms. The molecule has 0 aliphatic rings. The van der Waals surface area contributed by atoms with Crippen LogP contribution in [0.4, 0.5) is 0 Å². The van der Waals surface area contributed by atoms with E-state index in [9.17, 15) is 0 Å². The van der Waals surface area contributed by atoms with Gasteiger partial charge in [-0.1, -0.05) is 0 Å². The van der Waals surface area contributed by atoms with E-state index in [1.807, 2.05) is 0 Å². The Hall–Kier alpha value is 1.24. The first-order valence-electron chi connectivity index (χ1n) is 3.63. The Morgan fingerprint density at radius 1 is 0.409 bits per heavy atom. The summed E-state index contributed by atoms with van der Waals surface area (Å²) >= 11 is 0. The normalized spacial score (nSPS) is 10.5. The minimum absolute atomic E-state index is 0. The molecule has 4 radical (unpaired) electrons. The van der Waals surface area contributed by atoms with Crippen LogP contribution in [-0.4, -0.2) is 125 Å². The number of rotatable bonds is 0. The van der Waals surface area contributed by atoms with E-state index in [2.05, 4.69) is 0 Å². The van der Waals surface area contributed by atoms with Gasteiger partial charge in [0.2, 0.25) is 0 Å². The summed E-state index contributed by atoms with van der Waals surface area (Å²) in [5.74, 6) is 0. The molecule has 18 heteroatoms. The fourth-order valence-electron chi connectivity index (χ4n) is 0. The minimum Gasteiger partial charge on any atom is -0.748 e. The molecule has 0 aliphatic carbocycles. The molecule has 22 heavy (non-hydrogen) atoms. The molecule has 0 atom stereocenters. The van der Waals surface area contributed by atoms with Crippen LogP contribution in [0.1, 0.15) is 0 Å². The van der Waals surface area contributed by atoms with E-state index in [0.717, 1.165) is 0 Å². The molecule has 0 aromatic heterocycles. The Morgan fingerprint density at radius 2 is 0.409 bits per heavy atom. The van der Waals surface area contributed by atoms with Crippen molar-refractivity contribution >= 4 is 88.3 Å². The van der Waals surface area contributed by atoms with Crippen molar-refractivity contribution in [3.05, 3.63) is 0 Å². The van der Waals surface area contributed by atoms with Gasteiger partial charge in [-0.15, -0.1) is 0 Å². The first-order valence-corrected chi connectivity index (χ1v) is 10.9. The van der Waals surface area contributed by atoms with E-state index in [0.29, 0.717) is 25.0 Å². The molecule has 0 aromatic rings. The largest absolute Gasteiger partial charge is 2.00 e.